The average molecular weight is 369 g/mol. The fourth-order valence-corrected chi connectivity index (χ4v) is 3.20. The Labute approximate surface area is 147 Å². The van der Waals surface area contributed by atoms with Crippen molar-refractivity contribution in [2.24, 2.45) is 5.14 Å². The van der Waals surface area contributed by atoms with Crippen LogP contribution in [0.5, 0.6) is 5.75 Å². The first kappa shape index (κ1) is 19.2. The lowest BCUT2D eigenvalue weighted by Crippen LogP contribution is -2.50. The Kier molecular flexibility index (Phi) is 6.38. The van der Waals surface area contributed by atoms with Gasteiger partial charge in [-0.3, -0.25) is 9.59 Å². The van der Waals surface area contributed by atoms with Gasteiger partial charge in [0.2, 0.25) is 15.9 Å². The van der Waals surface area contributed by atoms with Crippen LogP contribution >= 0.6 is 0 Å². The van der Waals surface area contributed by atoms with E-state index < -0.39 is 10.0 Å². The molecule has 8 nitrogen and oxygen atoms in total. The summed E-state index contributed by atoms with van der Waals surface area (Å²) < 4.78 is 26.8. The Hall–Kier alpha value is -2.13. The fraction of sp³-hybridized carbons (Fsp3) is 0.500. The minimum absolute atomic E-state index is 0.0797. The van der Waals surface area contributed by atoms with Crippen molar-refractivity contribution >= 4 is 21.8 Å². The molecular formula is C16H23N3O5S. The van der Waals surface area contributed by atoms with Crippen LogP contribution in [0.3, 0.4) is 0 Å². The van der Waals surface area contributed by atoms with Crippen LogP contribution in [0.1, 0.15) is 23.2 Å². The van der Waals surface area contributed by atoms with Crippen LogP contribution in [0.2, 0.25) is 0 Å². The number of nitrogens with zero attached hydrogens (tertiary/aromatic N) is 2. The summed E-state index contributed by atoms with van der Waals surface area (Å²) in [5, 5.41) is 4.92. The van der Waals surface area contributed by atoms with Crippen molar-refractivity contribution in [1.82, 2.24) is 9.80 Å². The Morgan fingerprint density at radius 3 is 2.16 bits per heavy atom. The SMILES string of the molecule is COc1ccc(C(=O)N2CCN(C(=O)CCCS(N)(=O)=O)CC2)cc1. The molecule has 1 aliphatic heterocycles. The minimum Gasteiger partial charge on any atom is -0.497 e. The minimum atomic E-state index is -3.54. The zero-order valence-electron chi connectivity index (χ0n) is 14.2. The van der Waals surface area contributed by atoms with Gasteiger partial charge in [-0.15, -0.1) is 0 Å². The van der Waals surface area contributed by atoms with Crippen molar-refractivity contribution in [3.05, 3.63) is 29.8 Å². The van der Waals surface area contributed by atoms with E-state index in [0.717, 1.165) is 0 Å². The van der Waals surface area contributed by atoms with E-state index in [4.69, 9.17) is 9.88 Å². The molecule has 25 heavy (non-hydrogen) atoms. The largest absolute Gasteiger partial charge is 0.497 e. The highest BCUT2D eigenvalue weighted by atomic mass is 32.2. The molecule has 0 aliphatic carbocycles. The van der Waals surface area contributed by atoms with E-state index in [2.05, 4.69) is 0 Å². The zero-order chi connectivity index (χ0) is 18.4. The molecule has 1 aliphatic rings. The number of ether oxygens (including phenoxy) is 1. The Morgan fingerprint density at radius 1 is 1.08 bits per heavy atom. The number of sulfonamides is 1. The summed E-state index contributed by atoms with van der Waals surface area (Å²) in [4.78, 5) is 27.9. The zero-order valence-corrected chi connectivity index (χ0v) is 15.0. The number of rotatable bonds is 6. The van der Waals surface area contributed by atoms with E-state index in [0.29, 0.717) is 37.5 Å². The maximum atomic E-state index is 12.5. The van der Waals surface area contributed by atoms with Crippen molar-refractivity contribution in [3.63, 3.8) is 0 Å². The lowest BCUT2D eigenvalue weighted by molar-refractivity contribution is -0.132. The van der Waals surface area contributed by atoms with E-state index in [9.17, 15) is 18.0 Å². The number of amides is 2. The maximum absolute atomic E-state index is 12.5. The van der Waals surface area contributed by atoms with Crippen molar-refractivity contribution in [3.8, 4) is 5.75 Å². The Bertz CT molecular complexity index is 710. The van der Waals surface area contributed by atoms with E-state index in [-0.39, 0.29) is 30.4 Å². The van der Waals surface area contributed by atoms with E-state index in [1.54, 1.807) is 41.2 Å². The topological polar surface area (TPSA) is 110 Å². The molecule has 0 bridgehead atoms. The maximum Gasteiger partial charge on any atom is 0.253 e. The fourth-order valence-electron chi connectivity index (χ4n) is 2.66. The van der Waals surface area contributed by atoms with Gasteiger partial charge < -0.3 is 14.5 Å². The summed E-state index contributed by atoms with van der Waals surface area (Å²) >= 11 is 0. The van der Waals surface area contributed by atoms with Gasteiger partial charge in [-0.25, -0.2) is 13.6 Å². The van der Waals surface area contributed by atoms with E-state index in [1.807, 2.05) is 0 Å². The van der Waals surface area contributed by atoms with E-state index >= 15 is 0 Å². The highest BCUT2D eigenvalue weighted by Crippen LogP contribution is 2.14. The van der Waals surface area contributed by atoms with Gasteiger partial charge in [-0.05, 0) is 30.7 Å². The molecule has 1 aromatic rings. The van der Waals surface area contributed by atoms with Gasteiger partial charge >= 0.3 is 0 Å². The van der Waals surface area contributed by atoms with Gasteiger partial charge in [0.25, 0.3) is 5.91 Å². The second-order valence-electron chi connectivity index (χ2n) is 5.87. The Morgan fingerprint density at radius 2 is 1.64 bits per heavy atom. The van der Waals surface area contributed by atoms with Gasteiger partial charge in [0.15, 0.2) is 0 Å². The number of methoxy groups -OCH3 is 1. The summed E-state index contributed by atoms with van der Waals surface area (Å²) in [6.45, 7) is 1.78. The summed E-state index contributed by atoms with van der Waals surface area (Å²) in [5.74, 6) is 0.296. The van der Waals surface area contributed by atoms with Gasteiger partial charge in [-0.2, -0.15) is 0 Å². The predicted octanol–water partition coefficient (Wildman–Crippen LogP) is 0.0483. The van der Waals surface area contributed by atoms with Crippen molar-refractivity contribution in [1.29, 1.82) is 0 Å². The predicted molar refractivity (Wildman–Crippen MR) is 92.7 cm³/mol. The molecule has 0 unspecified atom stereocenters. The molecule has 1 aromatic carbocycles. The van der Waals surface area contributed by atoms with E-state index in [1.165, 1.54) is 0 Å². The molecule has 1 heterocycles. The smallest absolute Gasteiger partial charge is 0.253 e. The molecular weight excluding hydrogens is 346 g/mol. The number of hydrogen-bond acceptors (Lipinski definition) is 5. The van der Waals surface area contributed by atoms with Gasteiger partial charge in [0, 0.05) is 38.2 Å². The molecule has 138 valence electrons. The van der Waals surface area contributed by atoms with Crippen molar-refractivity contribution < 1.29 is 22.7 Å². The molecule has 1 fully saturated rings. The number of nitrogens with two attached hydrogens (primary N) is 1. The van der Waals surface area contributed by atoms with Gasteiger partial charge in [-0.1, -0.05) is 0 Å². The summed E-state index contributed by atoms with van der Waals surface area (Å²) in [6.07, 6.45) is 0.353. The Balaban J connectivity index is 1.82. The molecule has 0 radical (unpaired) electrons. The lowest BCUT2D eigenvalue weighted by atomic mass is 10.1. The number of primary sulfonamides is 1. The number of benzene rings is 1. The van der Waals surface area contributed by atoms with Crippen LogP contribution in [0.15, 0.2) is 24.3 Å². The molecule has 2 rings (SSSR count). The van der Waals surface area contributed by atoms with Crippen LogP contribution in [-0.2, 0) is 14.8 Å². The molecule has 1 saturated heterocycles. The molecule has 2 N–H and O–H groups in total. The van der Waals surface area contributed by atoms with Gasteiger partial charge in [0.05, 0.1) is 12.9 Å². The second kappa shape index (κ2) is 8.30. The monoisotopic (exact) mass is 369 g/mol. The molecule has 0 aromatic heterocycles. The molecule has 9 heteroatoms. The molecule has 2 amide bonds. The number of carbonyl (C=O) groups is 2. The third-order valence-corrected chi connectivity index (χ3v) is 4.93. The van der Waals surface area contributed by atoms with Gasteiger partial charge in [0.1, 0.15) is 5.75 Å². The lowest BCUT2D eigenvalue weighted by Gasteiger charge is -2.35. The highest BCUT2D eigenvalue weighted by molar-refractivity contribution is 7.89. The summed E-state index contributed by atoms with van der Waals surface area (Å²) in [7, 11) is -1.97. The quantitative estimate of drug-likeness (QED) is 0.762. The number of hydrogen-bond donors (Lipinski definition) is 1. The van der Waals surface area contributed by atoms with Crippen LogP contribution in [0.4, 0.5) is 0 Å². The first-order valence-electron chi connectivity index (χ1n) is 8.02. The van der Waals surface area contributed by atoms with Crippen LogP contribution in [-0.4, -0.2) is 69.1 Å². The van der Waals surface area contributed by atoms with Crippen LogP contribution in [0, 0.1) is 0 Å². The second-order valence-corrected chi connectivity index (χ2v) is 7.61. The van der Waals surface area contributed by atoms with Crippen molar-refractivity contribution in [2.75, 3.05) is 39.0 Å². The van der Waals surface area contributed by atoms with Crippen LogP contribution in [0.25, 0.3) is 0 Å². The summed E-state index contributed by atoms with van der Waals surface area (Å²) in [6, 6.07) is 6.90. The standard InChI is InChI=1S/C16H23N3O5S/c1-24-14-6-4-13(5-7-14)16(21)19-10-8-18(9-11-19)15(20)3-2-12-25(17,22)23/h4-7H,2-3,8-12H2,1H3,(H2,17,22,23). The number of carbonyl (C=O) groups excluding carboxylic acids is 2. The van der Waals surface area contributed by atoms with Crippen LogP contribution < -0.4 is 9.88 Å². The third-order valence-electron chi connectivity index (χ3n) is 4.08. The van der Waals surface area contributed by atoms with Crippen molar-refractivity contribution in [2.45, 2.75) is 12.8 Å². The number of piperazine rings is 1. The average Bonchev–Trinajstić information content (AvgIpc) is 2.60. The summed E-state index contributed by atoms with van der Waals surface area (Å²) in [5.41, 5.74) is 0.578. The molecule has 0 spiro atoms. The normalized spacial score (nSPS) is 15.1. The third kappa shape index (κ3) is 5.71. The molecule has 0 saturated carbocycles. The first-order chi connectivity index (χ1) is 11.8. The highest BCUT2D eigenvalue weighted by Gasteiger charge is 2.24. The first-order valence-corrected chi connectivity index (χ1v) is 9.73. The molecule has 0 atom stereocenters.